The molecule has 5 heteroatoms. The van der Waals surface area contributed by atoms with Crippen molar-refractivity contribution in [2.45, 2.75) is 31.7 Å². The molecule has 1 N–H and O–H groups in total. The Kier molecular flexibility index (Phi) is 6.39. The van der Waals surface area contributed by atoms with Crippen LogP contribution in [0.2, 0.25) is 0 Å². The van der Waals surface area contributed by atoms with Crippen LogP contribution >= 0.6 is 0 Å². The minimum absolute atomic E-state index is 0.00357. The fourth-order valence-corrected chi connectivity index (χ4v) is 2.90. The Labute approximate surface area is 147 Å². The zero-order valence-corrected chi connectivity index (χ0v) is 14.1. The van der Waals surface area contributed by atoms with Crippen LogP contribution in [0.25, 0.3) is 0 Å². The summed E-state index contributed by atoms with van der Waals surface area (Å²) < 4.78 is 31.0. The maximum atomic E-state index is 13.8. The second-order valence-corrected chi connectivity index (χ2v) is 6.08. The first-order valence-corrected chi connectivity index (χ1v) is 8.56. The third-order valence-corrected chi connectivity index (χ3v) is 4.25. The molecule has 1 saturated heterocycles. The molecule has 25 heavy (non-hydrogen) atoms. The molecule has 0 amide bonds. The predicted molar refractivity (Wildman–Crippen MR) is 91.9 cm³/mol. The van der Waals surface area contributed by atoms with Crippen molar-refractivity contribution in [1.82, 2.24) is 0 Å². The highest BCUT2D eigenvalue weighted by Gasteiger charge is 2.23. The quantitative estimate of drug-likeness (QED) is 0.832. The molecule has 3 rings (SSSR count). The van der Waals surface area contributed by atoms with E-state index in [2.05, 4.69) is 0 Å². The second kappa shape index (κ2) is 8.94. The molecule has 0 unspecified atom stereocenters. The van der Waals surface area contributed by atoms with E-state index in [1.54, 1.807) is 6.07 Å². The molecule has 0 radical (unpaired) electrons. The molecule has 1 aliphatic rings. The smallest absolute Gasteiger partial charge is 0.125 e. The van der Waals surface area contributed by atoms with Crippen LogP contribution < -0.4 is 4.74 Å². The third-order valence-electron chi connectivity index (χ3n) is 4.25. The van der Waals surface area contributed by atoms with Crippen molar-refractivity contribution in [3.05, 3.63) is 65.5 Å². The number of aliphatic hydroxyl groups excluding tert-OH is 1. The van der Waals surface area contributed by atoms with Gasteiger partial charge in [-0.2, -0.15) is 0 Å². The van der Waals surface area contributed by atoms with Gasteiger partial charge in [-0.25, -0.2) is 4.39 Å². The molecule has 2 aromatic rings. The highest BCUT2D eigenvalue weighted by molar-refractivity contribution is 5.36. The Balaban J connectivity index is 1.74. The van der Waals surface area contributed by atoms with Crippen LogP contribution in [0.15, 0.2) is 48.5 Å². The lowest BCUT2D eigenvalue weighted by atomic mass is 10.1. The summed E-state index contributed by atoms with van der Waals surface area (Å²) in [7, 11) is 0. The molecule has 0 spiro atoms. The molecule has 134 valence electrons. The summed E-state index contributed by atoms with van der Waals surface area (Å²) in [5.41, 5.74) is 1.55. The van der Waals surface area contributed by atoms with Gasteiger partial charge in [0.25, 0.3) is 0 Å². The second-order valence-electron chi connectivity index (χ2n) is 6.08. The van der Waals surface area contributed by atoms with Gasteiger partial charge in [-0.3, -0.25) is 0 Å². The Hall–Kier alpha value is -1.95. The van der Waals surface area contributed by atoms with Gasteiger partial charge >= 0.3 is 0 Å². The molecule has 1 atom stereocenters. The molecular formula is C20H23FO4. The minimum Gasteiger partial charge on any atom is -0.489 e. The first kappa shape index (κ1) is 17.9. The highest BCUT2D eigenvalue weighted by Crippen LogP contribution is 2.31. The van der Waals surface area contributed by atoms with Crippen molar-refractivity contribution in [2.75, 3.05) is 19.8 Å². The van der Waals surface area contributed by atoms with Crippen molar-refractivity contribution in [2.24, 2.45) is 0 Å². The lowest BCUT2D eigenvalue weighted by Crippen LogP contribution is -2.26. The van der Waals surface area contributed by atoms with Crippen molar-refractivity contribution in [3.8, 4) is 5.75 Å². The summed E-state index contributed by atoms with van der Waals surface area (Å²) >= 11 is 0. The zero-order valence-electron chi connectivity index (χ0n) is 14.1. The molecule has 0 bridgehead atoms. The van der Waals surface area contributed by atoms with Crippen LogP contribution in [0.5, 0.6) is 5.75 Å². The van der Waals surface area contributed by atoms with Crippen LogP contribution in [0.3, 0.4) is 0 Å². The monoisotopic (exact) mass is 346 g/mol. The Morgan fingerprint density at radius 2 is 1.88 bits per heavy atom. The van der Waals surface area contributed by atoms with Gasteiger partial charge in [-0.15, -0.1) is 0 Å². The van der Waals surface area contributed by atoms with E-state index in [0.717, 1.165) is 18.4 Å². The normalized spacial score (nSPS) is 16.6. The number of halogens is 1. The van der Waals surface area contributed by atoms with E-state index in [-0.39, 0.29) is 18.5 Å². The molecule has 2 aromatic carbocycles. The van der Waals surface area contributed by atoms with Gasteiger partial charge in [0.05, 0.1) is 12.7 Å². The molecule has 0 aromatic heterocycles. The molecule has 1 fully saturated rings. The lowest BCUT2D eigenvalue weighted by molar-refractivity contribution is -0.0855. The van der Waals surface area contributed by atoms with Crippen LogP contribution in [-0.4, -0.2) is 31.0 Å². The maximum Gasteiger partial charge on any atom is 0.125 e. The first-order valence-electron chi connectivity index (χ1n) is 8.56. The number of hydrogen-bond donors (Lipinski definition) is 1. The fourth-order valence-electron chi connectivity index (χ4n) is 2.90. The van der Waals surface area contributed by atoms with Crippen LogP contribution in [0.1, 0.15) is 30.1 Å². The van der Waals surface area contributed by atoms with Gasteiger partial charge in [-0.05, 0) is 36.6 Å². The Morgan fingerprint density at radius 3 is 2.60 bits per heavy atom. The van der Waals surface area contributed by atoms with Gasteiger partial charge < -0.3 is 19.3 Å². The van der Waals surface area contributed by atoms with Crippen LogP contribution in [0.4, 0.5) is 4.39 Å². The van der Waals surface area contributed by atoms with E-state index in [1.165, 1.54) is 12.1 Å². The van der Waals surface area contributed by atoms with Crippen LogP contribution in [-0.2, 0) is 16.1 Å². The molecule has 0 saturated carbocycles. The number of rotatable bonds is 7. The number of benzene rings is 2. The molecule has 0 aliphatic carbocycles. The van der Waals surface area contributed by atoms with Crippen molar-refractivity contribution in [1.29, 1.82) is 0 Å². The average Bonchev–Trinajstić information content (AvgIpc) is 2.67. The molecule has 1 aliphatic heterocycles. The Bertz CT molecular complexity index is 656. The van der Waals surface area contributed by atoms with Crippen LogP contribution in [0, 0.1) is 5.82 Å². The number of hydrogen-bond acceptors (Lipinski definition) is 4. The van der Waals surface area contributed by atoms with Crippen molar-refractivity contribution < 1.29 is 23.7 Å². The minimum atomic E-state index is -0.621. The van der Waals surface area contributed by atoms with Gasteiger partial charge in [0, 0.05) is 18.8 Å². The Morgan fingerprint density at radius 1 is 1.12 bits per heavy atom. The predicted octanol–water partition coefficient (Wildman–Crippen LogP) is 3.63. The SMILES string of the molecule is OC[C@H](OC1CCOCC1)c1cc(F)ccc1OCc1ccccc1. The largest absolute Gasteiger partial charge is 0.489 e. The van der Waals surface area contributed by atoms with E-state index in [4.69, 9.17) is 14.2 Å². The van der Waals surface area contributed by atoms with E-state index in [0.29, 0.717) is 31.1 Å². The van der Waals surface area contributed by atoms with Gasteiger partial charge in [0.2, 0.25) is 0 Å². The van der Waals surface area contributed by atoms with Crippen molar-refractivity contribution in [3.63, 3.8) is 0 Å². The summed E-state index contributed by atoms with van der Waals surface area (Å²) in [6.07, 6.45) is 0.915. The summed E-state index contributed by atoms with van der Waals surface area (Å²) in [5, 5.41) is 9.78. The summed E-state index contributed by atoms with van der Waals surface area (Å²) in [4.78, 5) is 0. The molecule has 4 nitrogen and oxygen atoms in total. The van der Waals surface area contributed by atoms with E-state index in [1.807, 2.05) is 30.3 Å². The van der Waals surface area contributed by atoms with Gasteiger partial charge in [0.15, 0.2) is 0 Å². The van der Waals surface area contributed by atoms with E-state index >= 15 is 0 Å². The van der Waals surface area contributed by atoms with Gasteiger partial charge in [0.1, 0.15) is 24.3 Å². The summed E-state index contributed by atoms with van der Waals surface area (Å²) in [6, 6.07) is 14.1. The fraction of sp³-hybridized carbons (Fsp3) is 0.400. The highest BCUT2D eigenvalue weighted by atomic mass is 19.1. The van der Waals surface area contributed by atoms with Crippen molar-refractivity contribution >= 4 is 0 Å². The summed E-state index contributed by atoms with van der Waals surface area (Å²) in [5.74, 6) is 0.146. The average molecular weight is 346 g/mol. The lowest BCUT2D eigenvalue weighted by Gasteiger charge is -2.28. The molecular weight excluding hydrogens is 323 g/mol. The summed E-state index contributed by atoms with van der Waals surface area (Å²) in [6.45, 7) is 1.42. The number of aliphatic hydroxyl groups is 1. The first-order chi connectivity index (χ1) is 12.3. The zero-order chi connectivity index (χ0) is 17.5. The third kappa shape index (κ3) is 5.01. The van der Waals surface area contributed by atoms with Gasteiger partial charge in [-0.1, -0.05) is 30.3 Å². The maximum absolute atomic E-state index is 13.8. The van der Waals surface area contributed by atoms with E-state index in [9.17, 15) is 9.50 Å². The van der Waals surface area contributed by atoms with E-state index < -0.39 is 6.10 Å². The molecule has 1 heterocycles. The number of ether oxygens (including phenoxy) is 3. The standard InChI is InChI=1S/C20H23FO4/c21-16-6-7-19(24-14-15-4-2-1-3-5-15)18(12-16)20(13-22)25-17-8-10-23-11-9-17/h1-7,12,17,20,22H,8-11,13-14H2/t20-/m0/s1. The topological polar surface area (TPSA) is 47.9 Å².